The SMILES string of the molecule is CCn1cc(Br)c(CN(C)C(=O)c2ccc(COc3ccc([N+](=O)[O-])cc3)o2)n1. The first-order chi connectivity index (χ1) is 13.9. The normalized spacial score (nSPS) is 10.7. The first-order valence-corrected chi connectivity index (χ1v) is 9.60. The number of benzene rings is 1. The van der Waals surface area contributed by atoms with Crippen molar-refractivity contribution in [2.24, 2.45) is 0 Å². The number of nitrogens with zero attached hydrogens (tertiary/aromatic N) is 4. The summed E-state index contributed by atoms with van der Waals surface area (Å²) in [6, 6.07) is 8.99. The van der Waals surface area contributed by atoms with Crippen molar-refractivity contribution >= 4 is 27.5 Å². The predicted octanol–water partition coefficient (Wildman–Crippen LogP) is 4.02. The number of hydrogen-bond donors (Lipinski definition) is 0. The van der Waals surface area contributed by atoms with Gasteiger partial charge in [-0.1, -0.05) is 0 Å². The van der Waals surface area contributed by atoms with Crippen LogP contribution >= 0.6 is 15.9 Å². The third kappa shape index (κ3) is 5.02. The number of aryl methyl sites for hydroxylation is 1. The Labute approximate surface area is 175 Å². The number of ether oxygens (including phenoxy) is 1. The molecule has 2 aromatic heterocycles. The molecule has 3 rings (SSSR count). The second kappa shape index (κ2) is 8.91. The minimum Gasteiger partial charge on any atom is -0.486 e. The number of aromatic nitrogens is 2. The summed E-state index contributed by atoms with van der Waals surface area (Å²) in [5, 5.41) is 15.1. The molecule has 0 N–H and O–H groups in total. The van der Waals surface area contributed by atoms with Crippen LogP contribution < -0.4 is 4.74 Å². The number of nitro groups is 1. The van der Waals surface area contributed by atoms with Crippen molar-refractivity contribution in [3.63, 3.8) is 0 Å². The topological polar surface area (TPSA) is 104 Å². The van der Waals surface area contributed by atoms with Crippen LogP contribution in [-0.2, 0) is 19.7 Å². The second-order valence-corrected chi connectivity index (χ2v) is 7.10. The van der Waals surface area contributed by atoms with E-state index in [9.17, 15) is 14.9 Å². The Bertz CT molecular complexity index is 1010. The highest BCUT2D eigenvalue weighted by atomic mass is 79.9. The van der Waals surface area contributed by atoms with Crippen molar-refractivity contribution in [2.45, 2.75) is 26.6 Å². The second-order valence-electron chi connectivity index (χ2n) is 6.25. The Morgan fingerprint density at radius 1 is 1.31 bits per heavy atom. The molecule has 3 aromatic rings. The summed E-state index contributed by atoms with van der Waals surface area (Å²) >= 11 is 3.45. The maximum absolute atomic E-state index is 12.6. The first-order valence-electron chi connectivity index (χ1n) is 8.80. The third-order valence-electron chi connectivity index (χ3n) is 4.15. The predicted molar refractivity (Wildman–Crippen MR) is 108 cm³/mol. The first kappa shape index (κ1) is 20.6. The summed E-state index contributed by atoms with van der Waals surface area (Å²) in [7, 11) is 1.68. The zero-order valence-electron chi connectivity index (χ0n) is 15.9. The van der Waals surface area contributed by atoms with Gasteiger partial charge in [-0.25, -0.2) is 0 Å². The summed E-state index contributed by atoms with van der Waals surface area (Å²) in [6.45, 7) is 3.16. The quantitative estimate of drug-likeness (QED) is 0.369. The number of furan rings is 1. The van der Waals surface area contributed by atoms with Crippen molar-refractivity contribution < 1.29 is 18.9 Å². The van der Waals surface area contributed by atoms with Crippen LogP contribution in [0.25, 0.3) is 0 Å². The summed E-state index contributed by atoms with van der Waals surface area (Å²) in [5.74, 6) is 0.857. The zero-order valence-corrected chi connectivity index (χ0v) is 17.5. The van der Waals surface area contributed by atoms with Crippen LogP contribution in [0.3, 0.4) is 0 Å². The van der Waals surface area contributed by atoms with Gasteiger partial charge in [0.15, 0.2) is 5.76 Å². The molecule has 29 heavy (non-hydrogen) atoms. The number of nitro benzene ring substituents is 1. The van der Waals surface area contributed by atoms with Crippen LogP contribution in [-0.4, -0.2) is 32.6 Å². The van der Waals surface area contributed by atoms with Gasteiger partial charge in [0.25, 0.3) is 11.6 Å². The minimum absolute atomic E-state index is 0.0123. The summed E-state index contributed by atoms with van der Waals surface area (Å²) < 4.78 is 13.8. The minimum atomic E-state index is -0.476. The Hall–Kier alpha value is -3.14. The van der Waals surface area contributed by atoms with E-state index in [4.69, 9.17) is 9.15 Å². The molecule has 0 aliphatic carbocycles. The van der Waals surface area contributed by atoms with E-state index in [1.165, 1.54) is 29.2 Å². The van der Waals surface area contributed by atoms with E-state index in [-0.39, 0.29) is 24.0 Å². The molecular weight excluding hydrogens is 444 g/mol. The van der Waals surface area contributed by atoms with Gasteiger partial charge in [0.1, 0.15) is 18.1 Å². The number of carbonyl (C=O) groups excluding carboxylic acids is 1. The third-order valence-corrected chi connectivity index (χ3v) is 4.81. The molecule has 0 saturated carbocycles. The monoisotopic (exact) mass is 462 g/mol. The smallest absolute Gasteiger partial charge is 0.289 e. The van der Waals surface area contributed by atoms with Gasteiger partial charge in [0.2, 0.25) is 0 Å². The lowest BCUT2D eigenvalue weighted by Crippen LogP contribution is -2.26. The van der Waals surface area contributed by atoms with Crippen LogP contribution in [0.2, 0.25) is 0 Å². The van der Waals surface area contributed by atoms with Gasteiger partial charge in [-0.15, -0.1) is 0 Å². The average Bonchev–Trinajstić information content (AvgIpc) is 3.32. The van der Waals surface area contributed by atoms with Crippen molar-refractivity contribution in [1.29, 1.82) is 0 Å². The lowest BCUT2D eigenvalue weighted by Gasteiger charge is -2.14. The zero-order chi connectivity index (χ0) is 21.0. The summed E-state index contributed by atoms with van der Waals surface area (Å²) in [4.78, 5) is 24.3. The highest BCUT2D eigenvalue weighted by Crippen LogP contribution is 2.20. The van der Waals surface area contributed by atoms with Gasteiger partial charge < -0.3 is 14.1 Å². The molecule has 9 nitrogen and oxygen atoms in total. The number of carbonyl (C=O) groups is 1. The van der Waals surface area contributed by atoms with Gasteiger partial charge in [0.05, 0.1) is 21.6 Å². The van der Waals surface area contributed by atoms with Gasteiger partial charge in [-0.3, -0.25) is 19.6 Å². The molecular formula is C19H19BrN4O5. The van der Waals surface area contributed by atoms with Crippen molar-refractivity contribution in [1.82, 2.24) is 14.7 Å². The fourth-order valence-electron chi connectivity index (χ4n) is 2.58. The van der Waals surface area contributed by atoms with E-state index in [1.54, 1.807) is 23.9 Å². The number of non-ortho nitro benzene ring substituents is 1. The lowest BCUT2D eigenvalue weighted by atomic mass is 10.3. The van der Waals surface area contributed by atoms with E-state index < -0.39 is 4.92 Å². The molecule has 152 valence electrons. The maximum Gasteiger partial charge on any atom is 0.289 e. The lowest BCUT2D eigenvalue weighted by molar-refractivity contribution is -0.384. The van der Waals surface area contributed by atoms with Crippen molar-refractivity contribution in [3.8, 4) is 5.75 Å². The van der Waals surface area contributed by atoms with Crippen LogP contribution in [0, 0.1) is 10.1 Å². The molecule has 0 aliphatic rings. The molecule has 2 heterocycles. The molecule has 0 saturated heterocycles. The highest BCUT2D eigenvalue weighted by Gasteiger charge is 2.19. The number of hydrogen-bond acceptors (Lipinski definition) is 6. The standard InChI is InChI=1S/C19H19BrN4O5/c1-3-23-10-16(20)17(21-23)11-22(2)19(25)18-9-8-15(29-18)12-28-14-6-4-13(5-7-14)24(26)27/h4-10H,3,11-12H2,1-2H3. The van der Waals surface area contributed by atoms with E-state index in [1.807, 2.05) is 13.1 Å². The Morgan fingerprint density at radius 3 is 2.66 bits per heavy atom. The Balaban J connectivity index is 1.58. The van der Waals surface area contributed by atoms with Crippen molar-refractivity contribution in [3.05, 3.63) is 74.4 Å². The largest absolute Gasteiger partial charge is 0.486 e. The Kier molecular flexibility index (Phi) is 6.32. The fraction of sp³-hybridized carbons (Fsp3) is 0.263. The molecule has 1 amide bonds. The van der Waals surface area contributed by atoms with Crippen LogP contribution in [0.4, 0.5) is 5.69 Å². The maximum atomic E-state index is 12.6. The van der Waals surface area contributed by atoms with Crippen molar-refractivity contribution in [2.75, 3.05) is 7.05 Å². The van der Waals surface area contributed by atoms with Gasteiger partial charge in [0, 0.05) is 31.9 Å². The number of amides is 1. The fourth-order valence-corrected chi connectivity index (χ4v) is 3.02. The van der Waals surface area contributed by atoms with E-state index in [0.717, 1.165) is 16.7 Å². The van der Waals surface area contributed by atoms with Gasteiger partial charge >= 0.3 is 0 Å². The molecule has 0 aliphatic heterocycles. The molecule has 0 spiro atoms. The molecule has 0 atom stereocenters. The van der Waals surface area contributed by atoms with Gasteiger partial charge in [-0.2, -0.15) is 5.10 Å². The van der Waals surface area contributed by atoms with E-state index in [0.29, 0.717) is 18.1 Å². The molecule has 1 aromatic carbocycles. The average molecular weight is 463 g/mol. The molecule has 10 heteroatoms. The summed E-state index contributed by atoms with van der Waals surface area (Å²) in [5.41, 5.74) is 0.748. The number of rotatable bonds is 8. The molecule has 0 unspecified atom stereocenters. The summed E-state index contributed by atoms with van der Waals surface area (Å²) in [6.07, 6.45) is 1.87. The Morgan fingerprint density at radius 2 is 2.03 bits per heavy atom. The number of halogens is 1. The van der Waals surface area contributed by atoms with E-state index in [2.05, 4.69) is 21.0 Å². The molecule has 0 bridgehead atoms. The van der Waals surface area contributed by atoms with Gasteiger partial charge in [-0.05, 0) is 47.1 Å². The van der Waals surface area contributed by atoms with E-state index >= 15 is 0 Å². The van der Waals surface area contributed by atoms with Crippen LogP contribution in [0.15, 0.2) is 51.5 Å². The molecule has 0 radical (unpaired) electrons. The van der Waals surface area contributed by atoms with Crippen LogP contribution in [0.5, 0.6) is 5.75 Å². The van der Waals surface area contributed by atoms with Crippen LogP contribution in [0.1, 0.15) is 28.9 Å². The molecule has 0 fully saturated rings. The highest BCUT2D eigenvalue weighted by molar-refractivity contribution is 9.10.